The summed E-state index contributed by atoms with van der Waals surface area (Å²) < 4.78 is 35.9. The molecule has 0 aliphatic carbocycles. The number of nitrogens with one attached hydrogen (secondary N) is 1. The quantitative estimate of drug-likeness (QED) is 0.814. The number of rotatable bonds is 1. The van der Waals surface area contributed by atoms with E-state index in [1.54, 1.807) is 24.3 Å². The topological polar surface area (TPSA) is 42.0 Å². The highest BCUT2D eigenvalue weighted by Crippen LogP contribution is 2.15. The summed E-state index contributed by atoms with van der Waals surface area (Å²) in [4.78, 5) is 15.1. The van der Waals surface area contributed by atoms with Crippen molar-refractivity contribution in [1.82, 2.24) is 10.3 Å². The van der Waals surface area contributed by atoms with E-state index in [9.17, 15) is 18.0 Å². The average Bonchev–Trinajstić information content (AvgIpc) is 2.26. The summed E-state index contributed by atoms with van der Waals surface area (Å²) in [5.74, 6) is -1.21. The Morgan fingerprint density at radius 2 is 1.89 bits per heavy atom. The van der Waals surface area contributed by atoms with Crippen LogP contribution in [0.15, 0.2) is 36.5 Å². The van der Waals surface area contributed by atoms with Gasteiger partial charge in [-0.2, -0.15) is 13.2 Å². The molecule has 18 heavy (non-hydrogen) atoms. The minimum absolute atomic E-state index is 0. The second kappa shape index (κ2) is 5.22. The third-order valence-electron chi connectivity index (χ3n) is 2.11. The zero-order valence-corrected chi connectivity index (χ0v) is 9.68. The summed E-state index contributed by atoms with van der Waals surface area (Å²) in [6, 6.07) is 8.22. The lowest BCUT2D eigenvalue weighted by molar-refractivity contribution is -0.146. The zero-order chi connectivity index (χ0) is 12.5. The molecule has 0 saturated heterocycles. The zero-order valence-electron chi connectivity index (χ0n) is 8.86. The van der Waals surface area contributed by atoms with Crippen molar-refractivity contribution in [2.45, 2.75) is 6.30 Å². The van der Waals surface area contributed by atoms with Gasteiger partial charge in [0.1, 0.15) is 0 Å². The number of hydrogen-bond acceptors (Lipinski definition) is 2. The largest absolute Gasteiger partial charge is 0.484 e. The minimum atomic E-state index is -4.73. The fourth-order valence-corrected chi connectivity index (χ4v) is 1.40. The Labute approximate surface area is 106 Å². The molecule has 0 aliphatic rings. The molecule has 1 amide bonds. The minimum Gasteiger partial charge on any atom is -0.269 e. The van der Waals surface area contributed by atoms with Crippen molar-refractivity contribution in [3.05, 3.63) is 42.1 Å². The second-order valence-electron chi connectivity index (χ2n) is 3.37. The number of alkyl halides is 3. The highest BCUT2D eigenvalue weighted by molar-refractivity contribution is 5.97. The highest BCUT2D eigenvalue weighted by Gasteiger charge is 2.30. The molecule has 0 bridgehead atoms. The number of benzene rings is 1. The molecular weight excluding hydrogens is 269 g/mol. The van der Waals surface area contributed by atoms with Crippen molar-refractivity contribution in [2.75, 3.05) is 0 Å². The number of fused-ring (bicyclic) bond motifs is 1. The molecule has 2 rings (SSSR count). The number of carbonyl (C=O) groups excluding carboxylic acids is 1. The van der Waals surface area contributed by atoms with Crippen LogP contribution in [0.1, 0.15) is 10.4 Å². The third-order valence-corrected chi connectivity index (χ3v) is 2.11. The molecule has 1 aromatic carbocycles. The van der Waals surface area contributed by atoms with Crippen LogP contribution in [0.3, 0.4) is 0 Å². The average molecular weight is 277 g/mol. The van der Waals surface area contributed by atoms with Crippen LogP contribution in [-0.2, 0) is 0 Å². The van der Waals surface area contributed by atoms with E-state index >= 15 is 0 Å². The second-order valence-corrected chi connectivity index (χ2v) is 3.37. The van der Waals surface area contributed by atoms with Crippen LogP contribution < -0.4 is 5.32 Å². The number of para-hydroxylation sites is 1. The summed E-state index contributed by atoms with van der Waals surface area (Å²) in [6.45, 7) is 0. The van der Waals surface area contributed by atoms with E-state index in [1.165, 1.54) is 6.07 Å². The maximum absolute atomic E-state index is 12.0. The molecule has 1 aromatic heterocycles. The number of pyridine rings is 1. The molecule has 0 fully saturated rings. The van der Waals surface area contributed by atoms with E-state index in [4.69, 9.17) is 0 Å². The van der Waals surface area contributed by atoms with Gasteiger partial charge in [-0.3, -0.25) is 15.1 Å². The number of amides is 1. The van der Waals surface area contributed by atoms with Gasteiger partial charge in [0.25, 0.3) is 5.91 Å². The van der Waals surface area contributed by atoms with Crippen LogP contribution in [0, 0.1) is 0 Å². The molecule has 0 radical (unpaired) electrons. The van der Waals surface area contributed by atoms with E-state index in [-0.39, 0.29) is 18.0 Å². The molecule has 0 saturated carbocycles. The highest BCUT2D eigenvalue weighted by atomic mass is 35.5. The van der Waals surface area contributed by atoms with Crippen molar-refractivity contribution < 1.29 is 18.0 Å². The molecule has 3 nitrogen and oxygen atoms in total. The Bertz CT molecular complexity index is 571. The van der Waals surface area contributed by atoms with Crippen molar-refractivity contribution in [3.63, 3.8) is 0 Å². The van der Waals surface area contributed by atoms with Gasteiger partial charge < -0.3 is 0 Å². The normalized spacial score (nSPS) is 10.8. The van der Waals surface area contributed by atoms with Gasteiger partial charge in [0, 0.05) is 11.6 Å². The van der Waals surface area contributed by atoms with E-state index in [1.807, 2.05) is 0 Å². The standard InChI is InChI=1S/C11H7F3N2O.ClH/c12-11(13,14)16-10(17)8-5-7-3-1-2-4-9(7)15-6-8;/h1-6H,(H,16,17);1H. The fourth-order valence-electron chi connectivity index (χ4n) is 1.40. The Balaban J connectivity index is 0.00000162. The van der Waals surface area contributed by atoms with Crippen molar-refractivity contribution in [2.24, 2.45) is 0 Å². The molecule has 0 atom stereocenters. The van der Waals surface area contributed by atoms with Crippen molar-refractivity contribution in [3.8, 4) is 0 Å². The van der Waals surface area contributed by atoms with Gasteiger partial charge >= 0.3 is 6.30 Å². The predicted octanol–water partition coefficient (Wildman–Crippen LogP) is 2.91. The lowest BCUT2D eigenvalue weighted by atomic mass is 10.1. The van der Waals surface area contributed by atoms with Crippen LogP contribution in [0.2, 0.25) is 0 Å². The SMILES string of the molecule is Cl.O=C(NC(F)(F)F)c1cnc2ccccc2c1. The van der Waals surface area contributed by atoms with E-state index in [2.05, 4.69) is 4.98 Å². The van der Waals surface area contributed by atoms with Crippen LogP contribution in [-0.4, -0.2) is 17.2 Å². The Hall–Kier alpha value is -1.82. The van der Waals surface area contributed by atoms with Crippen LogP contribution in [0.4, 0.5) is 13.2 Å². The van der Waals surface area contributed by atoms with Gasteiger partial charge in [-0.05, 0) is 12.1 Å². The fraction of sp³-hybridized carbons (Fsp3) is 0.0909. The van der Waals surface area contributed by atoms with Crippen LogP contribution in [0.25, 0.3) is 10.9 Å². The van der Waals surface area contributed by atoms with Gasteiger partial charge in [-0.15, -0.1) is 12.4 Å². The van der Waals surface area contributed by atoms with Crippen molar-refractivity contribution >= 4 is 29.2 Å². The van der Waals surface area contributed by atoms with Gasteiger partial charge in [0.2, 0.25) is 0 Å². The molecule has 1 N–H and O–H groups in total. The molecule has 1 heterocycles. The smallest absolute Gasteiger partial charge is 0.269 e. The number of nitrogens with zero attached hydrogens (tertiary/aromatic N) is 1. The van der Waals surface area contributed by atoms with Gasteiger partial charge in [0.05, 0.1) is 11.1 Å². The molecular formula is C11H8ClF3N2O. The number of hydrogen-bond donors (Lipinski definition) is 1. The lowest BCUT2D eigenvalue weighted by Gasteiger charge is -2.08. The maximum atomic E-state index is 12.0. The Kier molecular flexibility index (Phi) is 4.13. The Morgan fingerprint density at radius 1 is 1.22 bits per heavy atom. The van der Waals surface area contributed by atoms with Gasteiger partial charge in [0.15, 0.2) is 0 Å². The monoisotopic (exact) mass is 276 g/mol. The summed E-state index contributed by atoms with van der Waals surface area (Å²) in [5.41, 5.74) is 0.497. The molecule has 0 spiro atoms. The molecule has 7 heteroatoms. The van der Waals surface area contributed by atoms with Crippen LogP contribution in [0.5, 0.6) is 0 Å². The van der Waals surface area contributed by atoms with E-state index in [0.29, 0.717) is 10.9 Å². The predicted molar refractivity (Wildman–Crippen MR) is 62.5 cm³/mol. The summed E-state index contributed by atoms with van der Waals surface area (Å²) in [7, 11) is 0. The summed E-state index contributed by atoms with van der Waals surface area (Å²) >= 11 is 0. The first-order valence-electron chi connectivity index (χ1n) is 4.70. The molecule has 0 aliphatic heterocycles. The number of aromatic nitrogens is 1. The first kappa shape index (κ1) is 14.2. The van der Waals surface area contributed by atoms with Crippen molar-refractivity contribution in [1.29, 1.82) is 0 Å². The number of halogens is 4. The first-order valence-corrected chi connectivity index (χ1v) is 4.70. The lowest BCUT2D eigenvalue weighted by Crippen LogP contribution is -2.37. The van der Waals surface area contributed by atoms with Crippen LogP contribution >= 0.6 is 12.4 Å². The first-order chi connectivity index (χ1) is 7.96. The maximum Gasteiger partial charge on any atom is 0.484 e. The molecule has 0 unspecified atom stereocenters. The van der Waals surface area contributed by atoms with E-state index in [0.717, 1.165) is 11.5 Å². The van der Waals surface area contributed by atoms with Gasteiger partial charge in [-0.1, -0.05) is 18.2 Å². The molecule has 96 valence electrons. The summed E-state index contributed by atoms with van der Waals surface area (Å²) in [6.07, 6.45) is -3.62. The number of carbonyl (C=O) groups is 1. The summed E-state index contributed by atoms with van der Waals surface area (Å²) in [5, 5.41) is 1.53. The van der Waals surface area contributed by atoms with Gasteiger partial charge in [-0.25, -0.2) is 0 Å². The van der Waals surface area contributed by atoms with E-state index < -0.39 is 12.2 Å². The third kappa shape index (κ3) is 3.33. The Morgan fingerprint density at radius 3 is 2.56 bits per heavy atom. The molecule has 2 aromatic rings.